The van der Waals surface area contributed by atoms with Crippen LogP contribution in [-0.4, -0.2) is 10.2 Å². The molecule has 0 radical (unpaired) electrons. The molecule has 2 aromatic carbocycles. The van der Waals surface area contributed by atoms with Gasteiger partial charge < -0.3 is 5.73 Å². The fourth-order valence-electron chi connectivity index (χ4n) is 2.20. The number of hydrogen-bond acceptors (Lipinski definition) is 2. The Labute approximate surface area is 112 Å². The maximum absolute atomic E-state index is 12.9. The van der Waals surface area contributed by atoms with Crippen LogP contribution in [-0.2, 0) is 6.18 Å². The highest BCUT2D eigenvalue weighted by atomic mass is 19.4. The first-order valence-electron chi connectivity index (χ1n) is 5.87. The Kier molecular flexibility index (Phi) is 2.67. The first-order chi connectivity index (χ1) is 9.47. The van der Waals surface area contributed by atoms with Gasteiger partial charge in [-0.15, -0.1) is 0 Å². The molecule has 0 spiro atoms. The number of benzene rings is 2. The highest BCUT2D eigenvalue weighted by Gasteiger charge is 2.37. The first-order valence-corrected chi connectivity index (χ1v) is 5.87. The number of nitrogen functional groups attached to an aromatic ring is 1. The molecule has 0 bridgehead atoms. The minimum absolute atomic E-state index is 0.108. The average molecular weight is 277 g/mol. The molecule has 102 valence electrons. The largest absolute Gasteiger partial charge is 0.433 e. The molecule has 1 aromatic heterocycles. The van der Waals surface area contributed by atoms with Gasteiger partial charge >= 0.3 is 6.18 Å². The van der Waals surface area contributed by atoms with E-state index in [2.05, 4.69) is 5.10 Å². The van der Waals surface area contributed by atoms with E-state index in [-0.39, 0.29) is 11.4 Å². The Morgan fingerprint density at radius 3 is 2.40 bits per heavy atom. The summed E-state index contributed by atoms with van der Waals surface area (Å²) >= 11 is 0. The fraction of sp³-hybridized carbons (Fsp3) is 0.0714. The number of rotatable bonds is 1. The summed E-state index contributed by atoms with van der Waals surface area (Å²) in [5.41, 5.74) is 4.93. The molecule has 0 amide bonds. The zero-order valence-corrected chi connectivity index (χ0v) is 10.2. The highest BCUT2D eigenvalue weighted by Crippen LogP contribution is 2.39. The number of hydrogen-bond donors (Lipinski definition) is 2. The molecule has 0 fully saturated rings. The number of aromatic nitrogens is 2. The Balaban J connectivity index is 2.23. The van der Waals surface area contributed by atoms with E-state index >= 15 is 0 Å². The van der Waals surface area contributed by atoms with Crippen molar-refractivity contribution in [3.8, 4) is 11.1 Å². The minimum Gasteiger partial charge on any atom is -0.382 e. The molecule has 3 aromatic rings. The molecule has 0 aliphatic rings. The molecule has 0 aliphatic carbocycles. The molecule has 0 saturated heterocycles. The molecule has 0 saturated carbocycles. The van der Waals surface area contributed by atoms with Crippen molar-refractivity contribution in [2.24, 2.45) is 0 Å². The lowest BCUT2D eigenvalue weighted by Crippen LogP contribution is -2.07. The van der Waals surface area contributed by atoms with Crippen LogP contribution in [0.1, 0.15) is 5.69 Å². The molecule has 0 aliphatic heterocycles. The van der Waals surface area contributed by atoms with Crippen molar-refractivity contribution in [3.05, 3.63) is 48.2 Å². The first kappa shape index (κ1) is 12.5. The normalized spacial score (nSPS) is 11.9. The van der Waals surface area contributed by atoms with Crippen LogP contribution in [0.4, 0.5) is 19.0 Å². The summed E-state index contributed by atoms with van der Waals surface area (Å²) in [6.45, 7) is 0. The van der Waals surface area contributed by atoms with Crippen LogP contribution >= 0.6 is 0 Å². The molecule has 6 heteroatoms. The van der Waals surface area contributed by atoms with Gasteiger partial charge in [0.05, 0.1) is 5.56 Å². The number of anilines is 1. The van der Waals surface area contributed by atoms with Crippen LogP contribution in [0.2, 0.25) is 0 Å². The SMILES string of the molecule is Nc1n[nH]c(C(F)(F)F)c1-c1ccc2ccccc2c1. The van der Waals surface area contributed by atoms with Crippen LogP contribution in [0.5, 0.6) is 0 Å². The van der Waals surface area contributed by atoms with E-state index in [9.17, 15) is 13.2 Å². The number of H-pyrrole nitrogens is 1. The number of halogens is 3. The van der Waals surface area contributed by atoms with Gasteiger partial charge in [-0.1, -0.05) is 36.4 Å². The van der Waals surface area contributed by atoms with Gasteiger partial charge in [0.1, 0.15) is 5.69 Å². The van der Waals surface area contributed by atoms with Gasteiger partial charge in [-0.05, 0) is 22.4 Å². The third-order valence-electron chi connectivity index (χ3n) is 3.12. The van der Waals surface area contributed by atoms with Gasteiger partial charge in [0.15, 0.2) is 5.82 Å². The van der Waals surface area contributed by atoms with Crippen molar-refractivity contribution in [1.82, 2.24) is 10.2 Å². The van der Waals surface area contributed by atoms with Crippen LogP contribution in [0.25, 0.3) is 21.9 Å². The zero-order chi connectivity index (χ0) is 14.3. The predicted octanol–water partition coefficient (Wildman–Crippen LogP) is 3.83. The fourth-order valence-corrected chi connectivity index (χ4v) is 2.20. The number of nitrogens with two attached hydrogens (primary N) is 1. The van der Waals surface area contributed by atoms with Crippen molar-refractivity contribution in [2.45, 2.75) is 6.18 Å². The van der Waals surface area contributed by atoms with E-state index in [4.69, 9.17) is 5.73 Å². The Morgan fingerprint density at radius 1 is 1.00 bits per heavy atom. The van der Waals surface area contributed by atoms with Gasteiger partial charge in [-0.2, -0.15) is 18.3 Å². The molecular formula is C14H10F3N3. The van der Waals surface area contributed by atoms with E-state index < -0.39 is 11.9 Å². The zero-order valence-electron chi connectivity index (χ0n) is 10.2. The highest BCUT2D eigenvalue weighted by molar-refractivity contribution is 5.89. The molecule has 3 nitrogen and oxygen atoms in total. The average Bonchev–Trinajstić information content (AvgIpc) is 2.80. The topological polar surface area (TPSA) is 54.7 Å². The lowest BCUT2D eigenvalue weighted by molar-refractivity contribution is -0.140. The van der Waals surface area contributed by atoms with Gasteiger partial charge in [0.2, 0.25) is 0 Å². The van der Waals surface area contributed by atoms with Crippen molar-refractivity contribution in [3.63, 3.8) is 0 Å². The second kappa shape index (κ2) is 4.26. The van der Waals surface area contributed by atoms with E-state index in [1.807, 2.05) is 29.4 Å². The van der Waals surface area contributed by atoms with Gasteiger partial charge in [0.25, 0.3) is 0 Å². The van der Waals surface area contributed by atoms with Gasteiger partial charge in [-0.3, -0.25) is 5.10 Å². The summed E-state index contributed by atoms with van der Waals surface area (Å²) in [7, 11) is 0. The second-order valence-corrected chi connectivity index (χ2v) is 4.42. The Morgan fingerprint density at radius 2 is 1.70 bits per heavy atom. The molecule has 0 atom stereocenters. The van der Waals surface area contributed by atoms with Crippen molar-refractivity contribution in [2.75, 3.05) is 5.73 Å². The number of nitrogens with zero attached hydrogens (tertiary/aromatic N) is 1. The predicted molar refractivity (Wildman–Crippen MR) is 70.9 cm³/mol. The maximum atomic E-state index is 12.9. The number of fused-ring (bicyclic) bond motifs is 1. The van der Waals surface area contributed by atoms with Crippen molar-refractivity contribution in [1.29, 1.82) is 0 Å². The summed E-state index contributed by atoms with van der Waals surface area (Å²) in [4.78, 5) is 0. The van der Waals surface area contributed by atoms with Crippen LogP contribution in [0.3, 0.4) is 0 Å². The summed E-state index contributed by atoms with van der Waals surface area (Å²) in [5.74, 6) is -0.160. The summed E-state index contributed by atoms with van der Waals surface area (Å²) in [5, 5.41) is 7.23. The summed E-state index contributed by atoms with van der Waals surface area (Å²) in [6, 6.07) is 12.5. The molecule has 1 heterocycles. The second-order valence-electron chi connectivity index (χ2n) is 4.42. The third-order valence-corrected chi connectivity index (χ3v) is 3.12. The summed E-state index contributed by atoms with van der Waals surface area (Å²) in [6.07, 6.45) is -4.52. The number of aromatic amines is 1. The smallest absolute Gasteiger partial charge is 0.382 e. The minimum atomic E-state index is -4.52. The quantitative estimate of drug-likeness (QED) is 0.710. The Bertz CT molecular complexity index is 775. The lowest BCUT2D eigenvalue weighted by Gasteiger charge is -2.08. The van der Waals surface area contributed by atoms with Crippen LogP contribution in [0.15, 0.2) is 42.5 Å². The molecule has 3 rings (SSSR count). The number of alkyl halides is 3. The maximum Gasteiger partial charge on any atom is 0.433 e. The molecule has 20 heavy (non-hydrogen) atoms. The summed E-state index contributed by atoms with van der Waals surface area (Å²) < 4.78 is 38.8. The van der Waals surface area contributed by atoms with Gasteiger partial charge in [-0.25, -0.2) is 0 Å². The molecule has 3 N–H and O–H groups in total. The molecule has 0 unspecified atom stereocenters. The lowest BCUT2D eigenvalue weighted by atomic mass is 10.0. The monoisotopic (exact) mass is 277 g/mol. The number of nitrogens with one attached hydrogen (secondary N) is 1. The van der Waals surface area contributed by atoms with Crippen LogP contribution < -0.4 is 5.73 Å². The Hall–Kier alpha value is -2.50. The van der Waals surface area contributed by atoms with E-state index in [1.54, 1.807) is 18.2 Å². The molecular weight excluding hydrogens is 267 g/mol. The third kappa shape index (κ3) is 1.99. The van der Waals surface area contributed by atoms with E-state index in [1.165, 1.54) is 0 Å². The standard InChI is InChI=1S/C14H10F3N3/c15-14(16,17)12-11(13(18)20-19-12)10-6-5-8-3-1-2-4-9(8)7-10/h1-7H,(H3,18,19,20). The van der Waals surface area contributed by atoms with E-state index in [0.717, 1.165) is 10.8 Å². The van der Waals surface area contributed by atoms with Crippen molar-refractivity contribution < 1.29 is 13.2 Å². The van der Waals surface area contributed by atoms with Gasteiger partial charge in [0, 0.05) is 0 Å². The van der Waals surface area contributed by atoms with E-state index in [0.29, 0.717) is 5.56 Å². The van der Waals surface area contributed by atoms with Crippen molar-refractivity contribution >= 4 is 16.6 Å². The van der Waals surface area contributed by atoms with Crippen LogP contribution in [0, 0.1) is 0 Å².